The van der Waals surface area contributed by atoms with Gasteiger partial charge in [-0.2, -0.15) is 0 Å². The summed E-state index contributed by atoms with van der Waals surface area (Å²) >= 11 is 3.53. The van der Waals surface area contributed by atoms with Gasteiger partial charge in [0.15, 0.2) is 0 Å². The van der Waals surface area contributed by atoms with Crippen molar-refractivity contribution in [3.05, 3.63) is 28.2 Å². The highest BCUT2D eigenvalue weighted by Crippen LogP contribution is 2.43. The molecule has 3 rings (SSSR count). The zero-order chi connectivity index (χ0) is 24.2. The van der Waals surface area contributed by atoms with Crippen molar-refractivity contribution in [3.8, 4) is 5.75 Å². The molecule has 1 saturated heterocycles. The molecule has 2 amide bonds. The number of benzene rings is 1. The Kier molecular flexibility index (Phi) is 8.32. The van der Waals surface area contributed by atoms with E-state index in [0.29, 0.717) is 44.5 Å². The SMILES string of the molecule is COc1ccc(C(C(=O)N2CCC(NC(=O)OC(C)(C)C)CC2)C2(O)CCCCC2)cc1Br. The number of rotatable bonds is 5. The van der Waals surface area contributed by atoms with Crippen LogP contribution >= 0.6 is 15.9 Å². The Balaban J connectivity index is 1.73. The first-order valence-corrected chi connectivity index (χ1v) is 12.7. The van der Waals surface area contributed by atoms with Gasteiger partial charge < -0.3 is 24.8 Å². The molecule has 184 valence electrons. The number of carbonyl (C=O) groups is 2. The molecule has 0 aromatic heterocycles. The predicted molar refractivity (Wildman–Crippen MR) is 130 cm³/mol. The number of piperidine rings is 1. The normalized spacial score (nSPS) is 20.1. The van der Waals surface area contributed by atoms with Crippen molar-refractivity contribution in [2.24, 2.45) is 0 Å². The minimum Gasteiger partial charge on any atom is -0.496 e. The number of halogens is 1. The van der Waals surface area contributed by atoms with Gasteiger partial charge in [-0.05, 0) is 80.1 Å². The van der Waals surface area contributed by atoms with E-state index in [1.165, 1.54) is 0 Å². The number of alkyl carbamates (subject to hydrolysis) is 1. The molecule has 1 atom stereocenters. The maximum atomic E-state index is 13.8. The number of hydrogen-bond acceptors (Lipinski definition) is 5. The summed E-state index contributed by atoms with van der Waals surface area (Å²) in [5, 5.41) is 14.5. The van der Waals surface area contributed by atoms with Crippen LogP contribution in [0.15, 0.2) is 22.7 Å². The molecular formula is C25H37BrN2O5. The second-order valence-corrected chi connectivity index (χ2v) is 11.1. The molecule has 1 aromatic rings. The summed E-state index contributed by atoms with van der Waals surface area (Å²) in [5.74, 6) is 0.0113. The third-order valence-electron chi connectivity index (χ3n) is 6.54. The number of ether oxygens (including phenoxy) is 2. The molecule has 1 saturated carbocycles. The molecule has 1 aliphatic heterocycles. The molecule has 33 heavy (non-hydrogen) atoms. The van der Waals surface area contributed by atoms with E-state index in [4.69, 9.17) is 9.47 Å². The summed E-state index contributed by atoms with van der Waals surface area (Å²) in [6.45, 7) is 6.57. The van der Waals surface area contributed by atoms with Crippen molar-refractivity contribution in [1.82, 2.24) is 10.2 Å². The van der Waals surface area contributed by atoms with Crippen LogP contribution in [0.4, 0.5) is 4.79 Å². The fraction of sp³-hybridized carbons (Fsp3) is 0.680. The van der Waals surface area contributed by atoms with Crippen molar-refractivity contribution in [3.63, 3.8) is 0 Å². The number of amides is 2. The molecule has 1 heterocycles. The molecule has 0 spiro atoms. The Hall–Kier alpha value is -1.80. The van der Waals surface area contributed by atoms with Gasteiger partial charge in [0.1, 0.15) is 11.4 Å². The van der Waals surface area contributed by atoms with Gasteiger partial charge in [-0.1, -0.05) is 25.3 Å². The number of aliphatic hydroxyl groups is 1. The van der Waals surface area contributed by atoms with Gasteiger partial charge in [-0.15, -0.1) is 0 Å². The maximum absolute atomic E-state index is 13.8. The lowest BCUT2D eigenvalue weighted by atomic mass is 9.72. The summed E-state index contributed by atoms with van der Waals surface area (Å²) in [7, 11) is 1.60. The van der Waals surface area contributed by atoms with E-state index in [2.05, 4.69) is 21.2 Å². The third-order valence-corrected chi connectivity index (χ3v) is 7.16. The molecular weight excluding hydrogens is 488 g/mol. The van der Waals surface area contributed by atoms with Crippen LogP contribution in [0.2, 0.25) is 0 Å². The second-order valence-electron chi connectivity index (χ2n) is 10.2. The number of nitrogens with one attached hydrogen (secondary N) is 1. The Morgan fingerprint density at radius 3 is 2.36 bits per heavy atom. The molecule has 2 N–H and O–H groups in total. The molecule has 0 bridgehead atoms. The average Bonchev–Trinajstić information content (AvgIpc) is 2.73. The number of methoxy groups -OCH3 is 1. The lowest BCUT2D eigenvalue weighted by molar-refractivity contribution is -0.142. The highest BCUT2D eigenvalue weighted by atomic mass is 79.9. The zero-order valence-electron chi connectivity index (χ0n) is 20.2. The third kappa shape index (κ3) is 6.63. The standard InChI is InChI=1S/C25H37BrN2O5/c1-24(2,3)33-23(30)27-18-10-14-28(15-11-18)22(29)21(25(31)12-6-5-7-13-25)17-8-9-20(32-4)19(26)16-17/h8-9,16,18,21,31H,5-7,10-15H2,1-4H3,(H,27,30). The first kappa shape index (κ1) is 25.8. The van der Waals surface area contributed by atoms with E-state index in [1.807, 2.05) is 43.9 Å². The number of carbonyl (C=O) groups excluding carboxylic acids is 2. The van der Waals surface area contributed by atoms with Crippen molar-refractivity contribution >= 4 is 27.9 Å². The van der Waals surface area contributed by atoms with E-state index < -0.39 is 23.2 Å². The molecule has 1 unspecified atom stereocenters. The lowest BCUT2D eigenvalue weighted by Gasteiger charge is -2.42. The predicted octanol–water partition coefficient (Wildman–Crippen LogP) is 4.75. The van der Waals surface area contributed by atoms with E-state index in [1.54, 1.807) is 7.11 Å². The molecule has 1 aliphatic carbocycles. The van der Waals surface area contributed by atoms with Crippen molar-refractivity contribution in [2.45, 2.75) is 88.9 Å². The van der Waals surface area contributed by atoms with Gasteiger partial charge >= 0.3 is 6.09 Å². The average molecular weight is 525 g/mol. The topological polar surface area (TPSA) is 88.1 Å². The Morgan fingerprint density at radius 2 is 1.82 bits per heavy atom. The fourth-order valence-electron chi connectivity index (χ4n) is 4.90. The zero-order valence-corrected chi connectivity index (χ0v) is 21.7. The van der Waals surface area contributed by atoms with Gasteiger partial charge in [0.05, 0.1) is 23.1 Å². The van der Waals surface area contributed by atoms with Crippen LogP contribution in [-0.4, -0.2) is 59.5 Å². The Morgan fingerprint density at radius 1 is 1.18 bits per heavy atom. The van der Waals surface area contributed by atoms with Crippen LogP contribution in [0.3, 0.4) is 0 Å². The van der Waals surface area contributed by atoms with Gasteiger partial charge in [-0.3, -0.25) is 4.79 Å². The van der Waals surface area contributed by atoms with Crippen molar-refractivity contribution < 1.29 is 24.2 Å². The van der Waals surface area contributed by atoms with E-state index in [9.17, 15) is 14.7 Å². The second kappa shape index (κ2) is 10.6. The minimum atomic E-state index is -1.06. The minimum absolute atomic E-state index is 0.0322. The first-order valence-electron chi connectivity index (χ1n) is 11.9. The summed E-state index contributed by atoms with van der Waals surface area (Å²) in [6, 6.07) is 5.58. The van der Waals surface area contributed by atoms with Crippen molar-refractivity contribution in [2.75, 3.05) is 20.2 Å². The maximum Gasteiger partial charge on any atom is 0.407 e. The van der Waals surface area contributed by atoms with Gasteiger partial charge in [0.2, 0.25) is 5.91 Å². The Labute approximate surface area is 205 Å². The summed E-state index contributed by atoms with van der Waals surface area (Å²) in [4.78, 5) is 27.7. The number of hydrogen-bond donors (Lipinski definition) is 2. The lowest BCUT2D eigenvalue weighted by Crippen LogP contribution is -2.52. The molecule has 0 radical (unpaired) electrons. The van der Waals surface area contributed by atoms with Gasteiger partial charge in [-0.25, -0.2) is 4.79 Å². The summed E-state index contributed by atoms with van der Waals surface area (Å²) in [6.07, 6.45) is 5.03. The highest BCUT2D eigenvalue weighted by molar-refractivity contribution is 9.10. The molecule has 1 aromatic carbocycles. The molecule has 2 aliphatic rings. The molecule has 8 heteroatoms. The molecule has 7 nitrogen and oxygen atoms in total. The monoisotopic (exact) mass is 524 g/mol. The Bertz CT molecular complexity index is 840. The quantitative estimate of drug-likeness (QED) is 0.579. The number of likely N-dealkylation sites (tertiary alicyclic amines) is 1. The van der Waals surface area contributed by atoms with Crippen LogP contribution in [-0.2, 0) is 9.53 Å². The fourth-order valence-corrected chi connectivity index (χ4v) is 5.46. The van der Waals surface area contributed by atoms with Crippen LogP contribution in [0, 0.1) is 0 Å². The summed E-state index contributed by atoms with van der Waals surface area (Å²) in [5.41, 5.74) is -0.809. The van der Waals surface area contributed by atoms with E-state index >= 15 is 0 Å². The van der Waals surface area contributed by atoms with Crippen LogP contribution in [0.25, 0.3) is 0 Å². The van der Waals surface area contributed by atoms with Gasteiger partial charge in [0, 0.05) is 19.1 Å². The summed E-state index contributed by atoms with van der Waals surface area (Å²) < 4.78 is 11.5. The smallest absolute Gasteiger partial charge is 0.407 e. The van der Waals surface area contributed by atoms with Crippen LogP contribution < -0.4 is 10.1 Å². The largest absolute Gasteiger partial charge is 0.496 e. The van der Waals surface area contributed by atoms with Crippen LogP contribution in [0.1, 0.15) is 77.2 Å². The highest BCUT2D eigenvalue weighted by Gasteiger charge is 2.45. The van der Waals surface area contributed by atoms with E-state index in [-0.39, 0.29) is 11.9 Å². The van der Waals surface area contributed by atoms with Gasteiger partial charge in [0.25, 0.3) is 0 Å². The van der Waals surface area contributed by atoms with E-state index in [0.717, 1.165) is 29.3 Å². The molecule has 2 fully saturated rings. The first-order chi connectivity index (χ1) is 15.5. The number of nitrogens with zero attached hydrogens (tertiary/aromatic N) is 1. The van der Waals surface area contributed by atoms with Crippen LogP contribution in [0.5, 0.6) is 5.75 Å². The van der Waals surface area contributed by atoms with Crippen molar-refractivity contribution in [1.29, 1.82) is 0 Å².